The summed E-state index contributed by atoms with van der Waals surface area (Å²) < 4.78 is 10.4. The van der Waals surface area contributed by atoms with Gasteiger partial charge >= 0.3 is 0 Å². The van der Waals surface area contributed by atoms with Crippen LogP contribution in [0.5, 0.6) is 0 Å². The zero-order valence-corrected chi connectivity index (χ0v) is 9.26. The van der Waals surface area contributed by atoms with Crippen LogP contribution in [0.15, 0.2) is 0 Å². The smallest absolute Gasteiger partial charge is 0.0701 e. The van der Waals surface area contributed by atoms with Gasteiger partial charge in [-0.15, -0.1) is 0 Å². The predicted molar refractivity (Wildman–Crippen MR) is 57.3 cm³/mol. The molecule has 3 heteroatoms. The first-order chi connectivity index (χ1) is 6.77. The zero-order chi connectivity index (χ0) is 10.3. The van der Waals surface area contributed by atoms with Gasteiger partial charge < -0.3 is 15.2 Å². The standard InChI is InChI=1S/C11H23NO2/c1-13-8-9-14-10-11(12)6-4-2-3-5-7-11/h2-10,12H2,1H3. The molecule has 1 aliphatic rings. The van der Waals surface area contributed by atoms with Crippen LogP contribution in [0.3, 0.4) is 0 Å². The third-order valence-electron chi connectivity index (χ3n) is 2.92. The van der Waals surface area contributed by atoms with E-state index in [9.17, 15) is 0 Å². The molecule has 1 saturated carbocycles. The fourth-order valence-electron chi connectivity index (χ4n) is 1.99. The van der Waals surface area contributed by atoms with E-state index in [1.54, 1.807) is 7.11 Å². The van der Waals surface area contributed by atoms with Crippen molar-refractivity contribution in [1.82, 2.24) is 0 Å². The van der Waals surface area contributed by atoms with Crippen molar-refractivity contribution < 1.29 is 9.47 Å². The molecule has 0 saturated heterocycles. The third kappa shape index (κ3) is 4.40. The highest BCUT2D eigenvalue weighted by Crippen LogP contribution is 2.24. The van der Waals surface area contributed by atoms with E-state index in [1.807, 2.05) is 0 Å². The van der Waals surface area contributed by atoms with Crippen molar-refractivity contribution >= 4 is 0 Å². The molecule has 1 rings (SSSR count). The van der Waals surface area contributed by atoms with Crippen molar-refractivity contribution in [2.75, 3.05) is 26.9 Å². The summed E-state index contributed by atoms with van der Waals surface area (Å²) in [6.45, 7) is 2.02. The van der Waals surface area contributed by atoms with Gasteiger partial charge in [0.25, 0.3) is 0 Å². The van der Waals surface area contributed by atoms with Gasteiger partial charge in [-0.2, -0.15) is 0 Å². The minimum absolute atomic E-state index is 0.0652. The first-order valence-electron chi connectivity index (χ1n) is 5.62. The molecule has 0 aliphatic heterocycles. The van der Waals surface area contributed by atoms with Crippen molar-refractivity contribution in [3.8, 4) is 0 Å². The third-order valence-corrected chi connectivity index (χ3v) is 2.92. The molecule has 14 heavy (non-hydrogen) atoms. The van der Waals surface area contributed by atoms with Crippen LogP contribution in [0, 0.1) is 0 Å². The quantitative estimate of drug-likeness (QED) is 0.544. The Morgan fingerprint density at radius 1 is 1.07 bits per heavy atom. The number of rotatable bonds is 5. The van der Waals surface area contributed by atoms with Gasteiger partial charge in [0, 0.05) is 12.6 Å². The van der Waals surface area contributed by atoms with Crippen molar-refractivity contribution in [3.63, 3.8) is 0 Å². The van der Waals surface area contributed by atoms with E-state index in [4.69, 9.17) is 15.2 Å². The molecule has 0 amide bonds. The fourth-order valence-corrected chi connectivity index (χ4v) is 1.99. The normalized spacial score (nSPS) is 21.9. The lowest BCUT2D eigenvalue weighted by Gasteiger charge is -2.27. The molecular weight excluding hydrogens is 178 g/mol. The highest BCUT2D eigenvalue weighted by molar-refractivity contribution is 4.85. The lowest BCUT2D eigenvalue weighted by Crippen LogP contribution is -2.44. The molecule has 3 nitrogen and oxygen atoms in total. The van der Waals surface area contributed by atoms with E-state index in [-0.39, 0.29) is 5.54 Å². The molecule has 1 fully saturated rings. The summed E-state index contributed by atoms with van der Waals surface area (Å²) in [4.78, 5) is 0. The summed E-state index contributed by atoms with van der Waals surface area (Å²) in [6, 6.07) is 0. The lowest BCUT2D eigenvalue weighted by atomic mass is 9.93. The Morgan fingerprint density at radius 2 is 1.71 bits per heavy atom. The molecule has 2 N–H and O–H groups in total. The summed E-state index contributed by atoms with van der Waals surface area (Å²) in [5.41, 5.74) is 6.21. The van der Waals surface area contributed by atoms with Gasteiger partial charge in [0.15, 0.2) is 0 Å². The van der Waals surface area contributed by atoms with Gasteiger partial charge in [-0.1, -0.05) is 25.7 Å². The first-order valence-corrected chi connectivity index (χ1v) is 5.62. The van der Waals surface area contributed by atoms with E-state index in [2.05, 4.69) is 0 Å². The average Bonchev–Trinajstić information content (AvgIpc) is 2.39. The van der Waals surface area contributed by atoms with Crippen LogP contribution in [-0.4, -0.2) is 32.5 Å². The molecule has 0 spiro atoms. The second-order valence-electron chi connectivity index (χ2n) is 4.32. The molecular formula is C11H23NO2. The van der Waals surface area contributed by atoms with Crippen molar-refractivity contribution in [3.05, 3.63) is 0 Å². The number of hydrogen-bond acceptors (Lipinski definition) is 3. The molecule has 0 atom stereocenters. The number of ether oxygens (including phenoxy) is 2. The van der Waals surface area contributed by atoms with Crippen molar-refractivity contribution in [2.45, 2.75) is 44.1 Å². The molecule has 0 bridgehead atoms. The maximum atomic E-state index is 6.28. The highest BCUT2D eigenvalue weighted by Gasteiger charge is 2.26. The molecule has 0 aromatic carbocycles. The van der Waals surface area contributed by atoms with Gasteiger partial charge in [0.05, 0.1) is 19.8 Å². The minimum Gasteiger partial charge on any atom is -0.382 e. The van der Waals surface area contributed by atoms with E-state index >= 15 is 0 Å². The Bertz CT molecular complexity index is 142. The molecule has 1 aliphatic carbocycles. The van der Waals surface area contributed by atoms with Crippen LogP contribution in [0.2, 0.25) is 0 Å². The Hall–Kier alpha value is -0.120. The number of hydrogen-bond donors (Lipinski definition) is 1. The summed E-state index contributed by atoms with van der Waals surface area (Å²) in [5.74, 6) is 0. The van der Waals surface area contributed by atoms with Crippen LogP contribution in [0.4, 0.5) is 0 Å². The number of nitrogens with two attached hydrogens (primary N) is 1. The van der Waals surface area contributed by atoms with Crippen LogP contribution in [0.1, 0.15) is 38.5 Å². The van der Waals surface area contributed by atoms with E-state index < -0.39 is 0 Å². The number of methoxy groups -OCH3 is 1. The Morgan fingerprint density at radius 3 is 2.29 bits per heavy atom. The summed E-state index contributed by atoms with van der Waals surface area (Å²) in [7, 11) is 1.69. The maximum absolute atomic E-state index is 6.28. The summed E-state index contributed by atoms with van der Waals surface area (Å²) in [6.07, 6.45) is 7.39. The zero-order valence-electron chi connectivity index (χ0n) is 9.26. The fraction of sp³-hybridized carbons (Fsp3) is 1.00. The molecule has 0 aromatic rings. The van der Waals surface area contributed by atoms with Crippen LogP contribution in [0.25, 0.3) is 0 Å². The maximum Gasteiger partial charge on any atom is 0.0701 e. The molecule has 0 radical (unpaired) electrons. The van der Waals surface area contributed by atoms with Crippen LogP contribution >= 0.6 is 0 Å². The van der Waals surface area contributed by atoms with Crippen LogP contribution < -0.4 is 5.73 Å². The van der Waals surface area contributed by atoms with Gasteiger partial charge in [-0.05, 0) is 12.8 Å². The van der Waals surface area contributed by atoms with Crippen molar-refractivity contribution in [2.24, 2.45) is 5.73 Å². The second kappa shape index (κ2) is 6.38. The largest absolute Gasteiger partial charge is 0.382 e. The summed E-state index contributed by atoms with van der Waals surface area (Å²) >= 11 is 0. The SMILES string of the molecule is COCCOCC1(N)CCCCCC1. The van der Waals surface area contributed by atoms with E-state index in [1.165, 1.54) is 25.7 Å². The van der Waals surface area contributed by atoms with Crippen molar-refractivity contribution in [1.29, 1.82) is 0 Å². The second-order valence-corrected chi connectivity index (χ2v) is 4.32. The Balaban J connectivity index is 2.17. The topological polar surface area (TPSA) is 44.5 Å². The average molecular weight is 201 g/mol. The van der Waals surface area contributed by atoms with Crippen LogP contribution in [-0.2, 0) is 9.47 Å². The Labute approximate surface area is 86.9 Å². The first kappa shape index (κ1) is 12.0. The molecule has 0 unspecified atom stereocenters. The monoisotopic (exact) mass is 201 g/mol. The minimum atomic E-state index is -0.0652. The van der Waals surface area contributed by atoms with Gasteiger partial charge in [0.1, 0.15) is 0 Å². The van der Waals surface area contributed by atoms with Gasteiger partial charge in [0.2, 0.25) is 0 Å². The summed E-state index contributed by atoms with van der Waals surface area (Å²) in [5, 5.41) is 0. The predicted octanol–water partition coefficient (Wildman–Crippen LogP) is 1.70. The van der Waals surface area contributed by atoms with E-state index in [0.29, 0.717) is 19.8 Å². The Kier molecular flexibility index (Phi) is 5.45. The van der Waals surface area contributed by atoms with Gasteiger partial charge in [-0.25, -0.2) is 0 Å². The highest BCUT2D eigenvalue weighted by atomic mass is 16.5. The lowest BCUT2D eigenvalue weighted by molar-refractivity contribution is 0.0389. The molecule has 0 heterocycles. The van der Waals surface area contributed by atoms with Gasteiger partial charge in [-0.3, -0.25) is 0 Å². The molecule has 84 valence electrons. The molecule has 0 aromatic heterocycles. The van der Waals surface area contributed by atoms with E-state index in [0.717, 1.165) is 12.8 Å².